The molecule has 0 bridgehead atoms. The Balaban J connectivity index is -0.0000000824. The molecule has 1 fully saturated rings. The van der Waals surface area contributed by atoms with E-state index in [0.717, 1.165) is 71.0 Å². The summed E-state index contributed by atoms with van der Waals surface area (Å²) in [6, 6.07) is 0. The average Bonchev–Trinajstić information content (AvgIpc) is 3.45. The summed E-state index contributed by atoms with van der Waals surface area (Å²) in [7, 11) is 0. The summed E-state index contributed by atoms with van der Waals surface area (Å²) < 4.78 is 0. The van der Waals surface area contributed by atoms with Gasteiger partial charge in [0.25, 0.3) is 0 Å². The van der Waals surface area contributed by atoms with Crippen molar-refractivity contribution in [3.05, 3.63) is 0 Å². The molecule has 3 atom stereocenters. The van der Waals surface area contributed by atoms with Crippen LogP contribution < -0.4 is 0 Å². The SMILES string of the molecule is CC(C(C)(C)C)C(C)(C)C.CC(C)C.CC(C)C(C)(C)C.CC(C)C(C)C(C)C.CCC(C)(C)C.CCC(C)(C)C1CCCCC1.CCC(C)(C)CC.CCC(C)C.CCC(C)C(C)CC.CCC(C)CC.CCC(CC)(CC)CC.CCCC(C)CC. The molecule has 550 valence electrons. The zero-order valence-electron chi connectivity index (χ0n) is 73.3. The number of hydrogen-bond acceptors (Lipinski definition) is 0. The molecule has 0 aliphatic heterocycles. The molecular weight excluding hydrogens is 1060 g/mol. The molecular formula is C88H198. The molecule has 0 amide bonds. The molecule has 1 saturated carbocycles. The quantitative estimate of drug-likeness (QED) is 0.121. The zero-order valence-corrected chi connectivity index (χ0v) is 73.3. The number of rotatable bonds is 19. The first kappa shape index (κ1) is 112. The zero-order chi connectivity index (χ0) is 73.3. The summed E-state index contributed by atoms with van der Waals surface area (Å²) in [5, 5.41) is 0. The van der Waals surface area contributed by atoms with Gasteiger partial charge in [0.15, 0.2) is 0 Å². The van der Waals surface area contributed by atoms with E-state index in [1.807, 2.05) is 0 Å². The first-order chi connectivity index (χ1) is 39.6. The topological polar surface area (TPSA) is 0 Å². The van der Waals surface area contributed by atoms with Crippen LogP contribution in [0.3, 0.4) is 0 Å². The second-order valence-electron chi connectivity index (χ2n) is 36.2. The molecule has 0 spiro atoms. The van der Waals surface area contributed by atoms with Crippen LogP contribution in [0, 0.1) is 109 Å². The van der Waals surface area contributed by atoms with Crippen molar-refractivity contribution in [3.63, 3.8) is 0 Å². The molecule has 0 aromatic carbocycles. The van der Waals surface area contributed by atoms with Gasteiger partial charge >= 0.3 is 0 Å². The van der Waals surface area contributed by atoms with Crippen LogP contribution in [0.25, 0.3) is 0 Å². The van der Waals surface area contributed by atoms with E-state index < -0.39 is 0 Å². The van der Waals surface area contributed by atoms with Crippen molar-refractivity contribution < 1.29 is 0 Å². The van der Waals surface area contributed by atoms with E-state index in [9.17, 15) is 0 Å². The van der Waals surface area contributed by atoms with Crippen molar-refractivity contribution in [3.8, 4) is 0 Å². The third-order valence-corrected chi connectivity index (χ3v) is 22.0. The minimum atomic E-state index is 0.443. The molecule has 0 N–H and O–H groups in total. The Labute approximate surface area is 573 Å². The minimum Gasteiger partial charge on any atom is -0.0654 e. The van der Waals surface area contributed by atoms with Gasteiger partial charge in [-0.05, 0) is 122 Å². The molecule has 1 rings (SSSR count). The highest BCUT2D eigenvalue weighted by Gasteiger charge is 2.31. The van der Waals surface area contributed by atoms with Crippen molar-refractivity contribution in [1.82, 2.24) is 0 Å². The molecule has 1 aliphatic rings. The van der Waals surface area contributed by atoms with E-state index >= 15 is 0 Å². The summed E-state index contributed by atoms with van der Waals surface area (Å²) in [4.78, 5) is 0. The van der Waals surface area contributed by atoms with Crippen LogP contribution in [0.4, 0.5) is 0 Å². The molecule has 0 saturated heterocycles. The fourth-order valence-electron chi connectivity index (χ4n) is 7.78. The van der Waals surface area contributed by atoms with Crippen molar-refractivity contribution in [2.75, 3.05) is 0 Å². The van der Waals surface area contributed by atoms with Gasteiger partial charge in [-0.3, -0.25) is 0 Å². The second-order valence-corrected chi connectivity index (χ2v) is 36.2. The van der Waals surface area contributed by atoms with Gasteiger partial charge in [0.1, 0.15) is 0 Å². The van der Waals surface area contributed by atoms with E-state index in [0.29, 0.717) is 37.9 Å². The average molecular weight is 1260 g/mol. The van der Waals surface area contributed by atoms with Gasteiger partial charge in [0.05, 0.1) is 0 Å². The summed E-state index contributed by atoms with van der Waals surface area (Å²) in [5.74, 6) is 10.6. The summed E-state index contributed by atoms with van der Waals surface area (Å²) in [6.45, 7) is 109. The molecule has 0 aromatic rings. The maximum atomic E-state index is 2.43. The monoisotopic (exact) mass is 1260 g/mol. The third-order valence-electron chi connectivity index (χ3n) is 22.0. The lowest BCUT2D eigenvalue weighted by atomic mass is 9.68. The molecule has 0 heteroatoms. The predicted molar refractivity (Wildman–Crippen MR) is 428 cm³/mol. The molecule has 0 heterocycles. The molecule has 1 aliphatic carbocycles. The lowest BCUT2D eigenvalue weighted by molar-refractivity contribution is 0.121. The Morgan fingerprint density at radius 3 is 0.682 bits per heavy atom. The van der Waals surface area contributed by atoms with Crippen LogP contribution in [-0.4, -0.2) is 0 Å². The maximum absolute atomic E-state index is 2.43. The fraction of sp³-hybridized carbons (Fsp3) is 1.00. The van der Waals surface area contributed by atoms with Gasteiger partial charge in [0.2, 0.25) is 0 Å². The normalized spacial score (nSPS) is 13.9. The number of hydrogen-bond donors (Lipinski definition) is 0. The van der Waals surface area contributed by atoms with E-state index in [2.05, 4.69) is 332 Å². The van der Waals surface area contributed by atoms with Crippen molar-refractivity contribution in [1.29, 1.82) is 0 Å². The lowest BCUT2D eigenvalue weighted by Gasteiger charge is -2.38. The molecule has 3 unspecified atom stereocenters. The highest BCUT2D eigenvalue weighted by Crippen LogP contribution is 2.41. The van der Waals surface area contributed by atoms with Gasteiger partial charge < -0.3 is 0 Å². The summed E-state index contributed by atoms with van der Waals surface area (Å²) in [5.41, 5.74) is 3.79. The molecule has 0 aromatic heterocycles. The summed E-state index contributed by atoms with van der Waals surface area (Å²) in [6.07, 6.45) is 28.7. The predicted octanol–water partition coefficient (Wildman–Crippen LogP) is 34.3. The second kappa shape index (κ2) is 65.7. The first-order valence-electron chi connectivity index (χ1n) is 39.6. The smallest absolute Gasteiger partial charge is 0.0308 e. The van der Waals surface area contributed by atoms with E-state index in [1.165, 1.54) is 135 Å². The Morgan fingerprint density at radius 2 is 0.602 bits per heavy atom. The van der Waals surface area contributed by atoms with Gasteiger partial charge in [-0.2, -0.15) is 0 Å². The highest BCUT2D eigenvalue weighted by molar-refractivity contribution is 4.81. The van der Waals surface area contributed by atoms with E-state index in [4.69, 9.17) is 0 Å². The summed E-state index contributed by atoms with van der Waals surface area (Å²) >= 11 is 0. The van der Waals surface area contributed by atoms with Gasteiger partial charge in [-0.15, -0.1) is 0 Å². The first-order valence-corrected chi connectivity index (χ1v) is 39.6. The maximum Gasteiger partial charge on any atom is -0.0308 e. The van der Waals surface area contributed by atoms with Crippen LogP contribution in [0.2, 0.25) is 0 Å². The van der Waals surface area contributed by atoms with E-state index in [1.54, 1.807) is 0 Å². The van der Waals surface area contributed by atoms with E-state index in [-0.39, 0.29) is 0 Å². The Bertz CT molecular complexity index is 1180. The van der Waals surface area contributed by atoms with Crippen molar-refractivity contribution in [2.45, 2.75) is 467 Å². The van der Waals surface area contributed by atoms with Crippen LogP contribution in [-0.2, 0) is 0 Å². The Kier molecular flexibility index (Phi) is 83.8. The Morgan fingerprint density at radius 1 is 0.330 bits per heavy atom. The van der Waals surface area contributed by atoms with Crippen LogP contribution in [0.5, 0.6) is 0 Å². The standard InChI is InChI=1S/C11H22.C10H22.C9H20.2C8H18.3C7H16.2C6H14.C5H12.C4H10/c1-4-11(2,3)10-8-6-5-7-9-10;1-8(9(2,3)4)10(5,6)7;1-5-9(6-2,7-3)8-4;1-6(2)8(5)7(3)4;1-5-7(3)8(4)6-2;1-6(2)7(3,4)5;1-5-7(3,4)6-2;1-4-6-7(3)5-2;1-5-6(2,3)4;1-4-6(3)5-2;1-4-5(2)3;1-4(2)3/h10H,4-9H2,1-3H3;8H,1-7H3;5-8H2,1-4H3;6-8H,1-5H3;7-8H,5-6H2,1-4H3;6H,1-5H3;5-6H2,1-4H3;7H,4-6H2,1-3H3;5H2,1-4H3;6H,4-5H2,1-3H3;5H,4H2,1-3H3;4H,1-3H3. The van der Waals surface area contributed by atoms with Crippen molar-refractivity contribution >= 4 is 0 Å². The van der Waals surface area contributed by atoms with Gasteiger partial charge in [-0.25, -0.2) is 0 Å². The van der Waals surface area contributed by atoms with Crippen LogP contribution >= 0.6 is 0 Å². The fourth-order valence-corrected chi connectivity index (χ4v) is 7.78. The molecule has 0 nitrogen and oxygen atoms in total. The largest absolute Gasteiger partial charge is 0.0654 e. The van der Waals surface area contributed by atoms with Crippen LogP contribution in [0.1, 0.15) is 467 Å². The van der Waals surface area contributed by atoms with Crippen molar-refractivity contribution in [2.24, 2.45) is 109 Å². The minimum absolute atomic E-state index is 0.443. The van der Waals surface area contributed by atoms with Gasteiger partial charge in [-0.1, -0.05) is 454 Å². The van der Waals surface area contributed by atoms with Crippen LogP contribution in [0.15, 0.2) is 0 Å². The van der Waals surface area contributed by atoms with Gasteiger partial charge in [0, 0.05) is 0 Å². The Hall–Kier alpha value is 0. The molecule has 0 radical (unpaired) electrons. The third kappa shape index (κ3) is 90.2. The lowest BCUT2D eigenvalue weighted by Crippen LogP contribution is -2.29. The highest BCUT2D eigenvalue weighted by atomic mass is 14.4. The molecule has 88 heavy (non-hydrogen) atoms.